The maximum atomic E-state index is 12.7. The number of benzene rings is 1. The lowest BCUT2D eigenvalue weighted by atomic mass is 9.94. The van der Waals surface area contributed by atoms with Crippen molar-refractivity contribution in [1.82, 2.24) is 4.98 Å². The molecule has 0 saturated heterocycles. The van der Waals surface area contributed by atoms with E-state index in [2.05, 4.69) is 4.98 Å². The van der Waals surface area contributed by atoms with E-state index in [9.17, 15) is 4.79 Å². The summed E-state index contributed by atoms with van der Waals surface area (Å²) in [7, 11) is 3.08. The third-order valence-corrected chi connectivity index (χ3v) is 3.20. The van der Waals surface area contributed by atoms with Crippen molar-refractivity contribution in [3.05, 3.63) is 53.9 Å². The van der Waals surface area contributed by atoms with Gasteiger partial charge >= 0.3 is 0 Å². The number of hydrogen-bond acceptors (Lipinski definition) is 4. The molecule has 20 heavy (non-hydrogen) atoms. The van der Waals surface area contributed by atoms with Gasteiger partial charge in [-0.25, -0.2) is 0 Å². The minimum atomic E-state index is -0.360. The molecule has 1 unspecified atom stereocenters. The molecule has 0 radical (unpaired) electrons. The van der Waals surface area contributed by atoms with E-state index in [1.165, 1.54) is 14.2 Å². The predicted octanol–water partition coefficient (Wildman–Crippen LogP) is 3.09. The Bertz CT molecular complexity index is 574. The third kappa shape index (κ3) is 2.64. The summed E-state index contributed by atoms with van der Waals surface area (Å²) in [6, 6.07) is 10.8. The van der Waals surface area contributed by atoms with Gasteiger partial charge in [-0.3, -0.25) is 9.78 Å². The number of carbonyl (C=O) groups excluding carboxylic acids is 1. The molecule has 1 atom stereocenters. The molecule has 0 aliphatic heterocycles. The van der Waals surface area contributed by atoms with Gasteiger partial charge in [0, 0.05) is 6.20 Å². The molecule has 0 bridgehead atoms. The van der Waals surface area contributed by atoms with Crippen LogP contribution in [0.15, 0.2) is 42.6 Å². The number of Topliss-reactive ketones (excluding diaryl/α,β-unsaturated/α-hetero) is 1. The second kappa shape index (κ2) is 6.19. The van der Waals surface area contributed by atoms with Gasteiger partial charge in [0.15, 0.2) is 5.78 Å². The van der Waals surface area contributed by atoms with Crippen LogP contribution in [-0.4, -0.2) is 25.0 Å². The Balaban J connectivity index is 2.43. The van der Waals surface area contributed by atoms with Crippen LogP contribution in [0.4, 0.5) is 0 Å². The first kappa shape index (κ1) is 14.1. The predicted molar refractivity (Wildman–Crippen MR) is 76.5 cm³/mol. The number of pyridine rings is 1. The summed E-state index contributed by atoms with van der Waals surface area (Å²) in [6.45, 7) is 1.83. The molecule has 4 heteroatoms. The molecule has 1 aromatic heterocycles. The lowest BCUT2D eigenvalue weighted by Gasteiger charge is -2.15. The van der Waals surface area contributed by atoms with Crippen LogP contribution in [0.3, 0.4) is 0 Å². The van der Waals surface area contributed by atoms with Gasteiger partial charge in [-0.2, -0.15) is 0 Å². The highest BCUT2D eigenvalue weighted by atomic mass is 16.5. The standard InChI is InChI=1S/C16H17NO3/c1-11(12-7-4-5-10-17-12)16(18)15-13(19-2)8-6-9-14(15)20-3/h4-11H,1-3H3. The molecule has 0 aliphatic carbocycles. The van der Waals surface area contributed by atoms with Crippen LogP contribution < -0.4 is 9.47 Å². The highest BCUT2D eigenvalue weighted by Crippen LogP contribution is 2.32. The van der Waals surface area contributed by atoms with Crippen LogP contribution in [0.25, 0.3) is 0 Å². The van der Waals surface area contributed by atoms with Gasteiger partial charge in [-0.05, 0) is 31.2 Å². The van der Waals surface area contributed by atoms with Crippen LogP contribution in [0.2, 0.25) is 0 Å². The van der Waals surface area contributed by atoms with E-state index < -0.39 is 0 Å². The Morgan fingerprint density at radius 2 is 1.70 bits per heavy atom. The van der Waals surface area contributed by atoms with E-state index in [1.54, 1.807) is 24.4 Å². The second-order valence-electron chi connectivity index (χ2n) is 4.38. The average molecular weight is 271 g/mol. The molecular weight excluding hydrogens is 254 g/mol. The molecule has 0 N–H and O–H groups in total. The Morgan fingerprint density at radius 1 is 1.05 bits per heavy atom. The fourth-order valence-electron chi connectivity index (χ4n) is 2.08. The third-order valence-electron chi connectivity index (χ3n) is 3.20. The van der Waals surface area contributed by atoms with Gasteiger partial charge in [-0.15, -0.1) is 0 Å². The largest absolute Gasteiger partial charge is 0.496 e. The highest BCUT2D eigenvalue weighted by Gasteiger charge is 2.25. The van der Waals surface area contributed by atoms with E-state index >= 15 is 0 Å². The zero-order valence-electron chi connectivity index (χ0n) is 11.8. The Kier molecular flexibility index (Phi) is 4.35. The maximum Gasteiger partial charge on any atom is 0.179 e. The Hall–Kier alpha value is -2.36. The number of methoxy groups -OCH3 is 2. The minimum Gasteiger partial charge on any atom is -0.496 e. The van der Waals surface area contributed by atoms with Crippen molar-refractivity contribution in [1.29, 1.82) is 0 Å². The first-order valence-corrected chi connectivity index (χ1v) is 6.35. The van der Waals surface area contributed by atoms with Gasteiger partial charge in [0.05, 0.1) is 25.8 Å². The quantitative estimate of drug-likeness (QED) is 0.784. The molecular formula is C16H17NO3. The molecule has 1 aromatic carbocycles. The maximum absolute atomic E-state index is 12.7. The van der Waals surface area contributed by atoms with Gasteiger partial charge in [-0.1, -0.05) is 12.1 Å². The molecule has 4 nitrogen and oxygen atoms in total. The minimum absolute atomic E-state index is 0.0713. The monoisotopic (exact) mass is 271 g/mol. The van der Waals surface area contributed by atoms with Gasteiger partial charge in [0.2, 0.25) is 0 Å². The van der Waals surface area contributed by atoms with Crippen molar-refractivity contribution >= 4 is 5.78 Å². The summed E-state index contributed by atoms with van der Waals surface area (Å²) < 4.78 is 10.5. The number of hydrogen-bond donors (Lipinski definition) is 0. The Morgan fingerprint density at radius 3 is 2.20 bits per heavy atom. The zero-order valence-corrected chi connectivity index (χ0v) is 11.8. The second-order valence-corrected chi connectivity index (χ2v) is 4.38. The van der Waals surface area contributed by atoms with E-state index in [-0.39, 0.29) is 11.7 Å². The fraction of sp³-hybridized carbons (Fsp3) is 0.250. The number of nitrogens with zero attached hydrogens (tertiary/aromatic N) is 1. The lowest BCUT2D eigenvalue weighted by Crippen LogP contribution is -2.13. The van der Waals surface area contributed by atoms with Gasteiger partial charge in [0.1, 0.15) is 17.1 Å². The van der Waals surface area contributed by atoms with Crippen molar-refractivity contribution in [3.63, 3.8) is 0 Å². The van der Waals surface area contributed by atoms with Crippen LogP contribution in [0.1, 0.15) is 28.9 Å². The lowest BCUT2D eigenvalue weighted by molar-refractivity contribution is 0.0958. The smallest absolute Gasteiger partial charge is 0.179 e. The molecule has 0 fully saturated rings. The van der Waals surface area contributed by atoms with Crippen LogP contribution in [0, 0.1) is 0 Å². The zero-order chi connectivity index (χ0) is 14.5. The number of ether oxygens (including phenoxy) is 2. The van der Waals surface area contributed by atoms with E-state index in [4.69, 9.17) is 9.47 Å². The fourth-order valence-corrected chi connectivity index (χ4v) is 2.08. The van der Waals surface area contributed by atoms with E-state index in [0.29, 0.717) is 17.1 Å². The van der Waals surface area contributed by atoms with Crippen molar-refractivity contribution in [3.8, 4) is 11.5 Å². The summed E-state index contributed by atoms with van der Waals surface area (Å²) in [5.74, 6) is 0.591. The van der Waals surface area contributed by atoms with Crippen LogP contribution in [-0.2, 0) is 0 Å². The van der Waals surface area contributed by atoms with Crippen molar-refractivity contribution in [2.24, 2.45) is 0 Å². The van der Waals surface area contributed by atoms with Crippen LogP contribution >= 0.6 is 0 Å². The summed E-state index contributed by atoms with van der Waals surface area (Å²) >= 11 is 0. The summed E-state index contributed by atoms with van der Waals surface area (Å²) in [6.07, 6.45) is 1.68. The first-order chi connectivity index (χ1) is 9.69. The molecule has 0 saturated carbocycles. The number of carbonyl (C=O) groups is 1. The van der Waals surface area contributed by atoms with E-state index in [1.807, 2.05) is 25.1 Å². The molecule has 2 rings (SSSR count). The van der Waals surface area contributed by atoms with Crippen molar-refractivity contribution in [2.45, 2.75) is 12.8 Å². The molecule has 1 heterocycles. The summed E-state index contributed by atoms with van der Waals surface area (Å²) in [4.78, 5) is 16.9. The Labute approximate surface area is 118 Å². The molecule has 0 spiro atoms. The average Bonchev–Trinajstić information content (AvgIpc) is 2.53. The highest BCUT2D eigenvalue weighted by molar-refractivity contribution is 6.05. The SMILES string of the molecule is COc1cccc(OC)c1C(=O)C(C)c1ccccn1. The molecule has 0 amide bonds. The van der Waals surface area contributed by atoms with Gasteiger partial charge < -0.3 is 9.47 Å². The van der Waals surface area contributed by atoms with Crippen molar-refractivity contribution < 1.29 is 14.3 Å². The van der Waals surface area contributed by atoms with Crippen LogP contribution in [0.5, 0.6) is 11.5 Å². The normalized spacial score (nSPS) is 11.8. The molecule has 0 aliphatic rings. The number of ketones is 1. The van der Waals surface area contributed by atoms with E-state index in [0.717, 1.165) is 5.69 Å². The first-order valence-electron chi connectivity index (χ1n) is 6.35. The topological polar surface area (TPSA) is 48.4 Å². The van der Waals surface area contributed by atoms with Crippen molar-refractivity contribution in [2.75, 3.05) is 14.2 Å². The number of rotatable bonds is 5. The number of aromatic nitrogens is 1. The summed E-state index contributed by atoms with van der Waals surface area (Å²) in [5.41, 5.74) is 1.18. The molecule has 104 valence electrons. The summed E-state index contributed by atoms with van der Waals surface area (Å²) in [5, 5.41) is 0. The molecule has 2 aromatic rings. The van der Waals surface area contributed by atoms with Gasteiger partial charge in [0.25, 0.3) is 0 Å².